The Morgan fingerprint density at radius 3 is 2.74 bits per heavy atom. The van der Waals surface area contributed by atoms with Gasteiger partial charge in [0, 0.05) is 12.7 Å². The van der Waals surface area contributed by atoms with Crippen molar-refractivity contribution in [2.75, 3.05) is 11.9 Å². The highest BCUT2D eigenvalue weighted by atomic mass is 16.2. The zero-order valence-electron chi connectivity index (χ0n) is 10.9. The van der Waals surface area contributed by atoms with Crippen LogP contribution in [0, 0.1) is 6.92 Å². The number of amides is 2. The molecule has 0 spiro atoms. The molecule has 2 rings (SSSR count). The van der Waals surface area contributed by atoms with Crippen LogP contribution in [0.2, 0.25) is 0 Å². The summed E-state index contributed by atoms with van der Waals surface area (Å²) in [5, 5.41) is 5.52. The summed E-state index contributed by atoms with van der Waals surface area (Å²) >= 11 is 0. The molecule has 0 aliphatic heterocycles. The predicted octanol–water partition coefficient (Wildman–Crippen LogP) is 2.75. The van der Waals surface area contributed by atoms with Gasteiger partial charge in [0.1, 0.15) is 5.82 Å². The van der Waals surface area contributed by atoms with E-state index < -0.39 is 0 Å². The van der Waals surface area contributed by atoms with E-state index in [9.17, 15) is 4.79 Å². The van der Waals surface area contributed by atoms with Crippen LogP contribution in [0.3, 0.4) is 0 Å². The molecule has 0 fully saturated rings. The molecule has 98 valence electrons. The third-order valence-corrected chi connectivity index (χ3v) is 2.70. The van der Waals surface area contributed by atoms with Gasteiger partial charge in [-0.15, -0.1) is 0 Å². The Bertz CT molecular complexity index is 540. The van der Waals surface area contributed by atoms with Gasteiger partial charge in [0.15, 0.2) is 0 Å². The highest BCUT2D eigenvalue weighted by molar-refractivity contribution is 5.88. The third kappa shape index (κ3) is 4.43. The highest BCUT2D eigenvalue weighted by Crippen LogP contribution is 2.04. The van der Waals surface area contributed by atoms with Gasteiger partial charge in [-0.2, -0.15) is 0 Å². The maximum absolute atomic E-state index is 11.7. The van der Waals surface area contributed by atoms with Crippen LogP contribution in [0.1, 0.15) is 11.1 Å². The molecular formula is C15H17N3O. The number of hydrogen-bond acceptors (Lipinski definition) is 2. The van der Waals surface area contributed by atoms with Crippen LogP contribution in [0.25, 0.3) is 0 Å². The van der Waals surface area contributed by atoms with E-state index >= 15 is 0 Å². The minimum atomic E-state index is -0.228. The van der Waals surface area contributed by atoms with Crippen molar-refractivity contribution in [3.05, 3.63) is 59.8 Å². The molecule has 0 aliphatic rings. The van der Waals surface area contributed by atoms with Gasteiger partial charge in [-0.05, 0) is 36.6 Å². The van der Waals surface area contributed by atoms with E-state index in [-0.39, 0.29) is 6.03 Å². The number of aromatic nitrogens is 1. The number of aryl methyl sites for hydroxylation is 1. The van der Waals surface area contributed by atoms with Gasteiger partial charge in [-0.25, -0.2) is 9.78 Å². The van der Waals surface area contributed by atoms with Gasteiger partial charge in [0.2, 0.25) is 0 Å². The fraction of sp³-hybridized carbons (Fsp3) is 0.200. The second-order valence-corrected chi connectivity index (χ2v) is 4.33. The molecule has 2 N–H and O–H groups in total. The quantitative estimate of drug-likeness (QED) is 0.882. The minimum Gasteiger partial charge on any atom is -0.337 e. The van der Waals surface area contributed by atoms with Crippen LogP contribution in [0.15, 0.2) is 48.7 Å². The van der Waals surface area contributed by atoms with Gasteiger partial charge in [0.25, 0.3) is 0 Å². The molecule has 4 heteroatoms. The van der Waals surface area contributed by atoms with E-state index in [1.165, 1.54) is 5.56 Å². The minimum absolute atomic E-state index is 0.228. The lowest BCUT2D eigenvalue weighted by Crippen LogP contribution is -2.30. The summed E-state index contributed by atoms with van der Waals surface area (Å²) < 4.78 is 0. The van der Waals surface area contributed by atoms with Crippen LogP contribution < -0.4 is 10.6 Å². The second-order valence-electron chi connectivity index (χ2n) is 4.33. The summed E-state index contributed by atoms with van der Waals surface area (Å²) in [5.74, 6) is 0.567. The summed E-state index contributed by atoms with van der Waals surface area (Å²) in [7, 11) is 0. The van der Waals surface area contributed by atoms with Crippen LogP contribution in [-0.2, 0) is 6.42 Å². The number of pyridine rings is 1. The Balaban J connectivity index is 1.76. The SMILES string of the molecule is Cc1ccnc(NC(=O)NCCc2ccccc2)c1. The van der Waals surface area contributed by atoms with E-state index in [0.29, 0.717) is 12.4 Å². The first-order valence-electron chi connectivity index (χ1n) is 6.25. The number of benzene rings is 1. The number of rotatable bonds is 4. The van der Waals surface area contributed by atoms with Crippen LogP contribution >= 0.6 is 0 Å². The van der Waals surface area contributed by atoms with E-state index in [2.05, 4.69) is 15.6 Å². The normalized spacial score (nSPS) is 9.95. The zero-order chi connectivity index (χ0) is 13.5. The Labute approximate surface area is 112 Å². The lowest BCUT2D eigenvalue weighted by atomic mass is 10.1. The van der Waals surface area contributed by atoms with Gasteiger partial charge in [0.05, 0.1) is 0 Å². The molecule has 0 saturated heterocycles. The molecular weight excluding hydrogens is 238 g/mol. The largest absolute Gasteiger partial charge is 0.337 e. The Morgan fingerprint density at radius 1 is 1.21 bits per heavy atom. The van der Waals surface area contributed by atoms with Gasteiger partial charge in [-0.3, -0.25) is 5.32 Å². The standard InChI is InChI=1S/C15H17N3O/c1-12-7-9-16-14(11-12)18-15(19)17-10-8-13-5-3-2-4-6-13/h2-7,9,11H,8,10H2,1H3,(H2,16,17,18,19). The van der Waals surface area contributed by atoms with Gasteiger partial charge >= 0.3 is 6.03 Å². The molecule has 1 heterocycles. The number of anilines is 1. The van der Waals surface area contributed by atoms with Crippen LogP contribution in [-0.4, -0.2) is 17.6 Å². The van der Waals surface area contributed by atoms with E-state index in [4.69, 9.17) is 0 Å². The lowest BCUT2D eigenvalue weighted by molar-refractivity contribution is 0.252. The molecule has 0 bridgehead atoms. The number of nitrogens with one attached hydrogen (secondary N) is 2. The number of nitrogens with zero attached hydrogens (tertiary/aromatic N) is 1. The topological polar surface area (TPSA) is 54.0 Å². The summed E-state index contributed by atoms with van der Waals surface area (Å²) in [5.41, 5.74) is 2.27. The van der Waals surface area contributed by atoms with Crippen molar-refractivity contribution in [2.24, 2.45) is 0 Å². The smallest absolute Gasteiger partial charge is 0.320 e. The molecule has 0 saturated carbocycles. The Kier molecular flexibility index (Phi) is 4.50. The summed E-state index contributed by atoms with van der Waals surface area (Å²) in [6.45, 7) is 2.56. The van der Waals surface area contributed by atoms with Crippen molar-refractivity contribution in [1.29, 1.82) is 0 Å². The molecule has 0 unspecified atom stereocenters. The van der Waals surface area contributed by atoms with E-state index in [0.717, 1.165) is 12.0 Å². The monoisotopic (exact) mass is 255 g/mol. The van der Waals surface area contributed by atoms with Crippen molar-refractivity contribution in [3.8, 4) is 0 Å². The molecule has 4 nitrogen and oxygen atoms in total. The maximum Gasteiger partial charge on any atom is 0.320 e. The number of carbonyl (C=O) groups is 1. The molecule has 1 aromatic heterocycles. The van der Waals surface area contributed by atoms with Gasteiger partial charge < -0.3 is 5.32 Å². The average molecular weight is 255 g/mol. The fourth-order valence-electron chi connectivity index (χ4n) is 1.73. The number of hydrogen-bond donors (Lipinski definition) is 2. The number of carbonyl (C=O) groups excluding carboxylic acids is 1. The second kappa shape index (κ2) is 6.54. The Morgan fingerprint density at radius 2 is 2.00 bits per heavy atom. The van der Waals surface area contributed by atoms with Gasteiger partial charge in [-0.1, -0.05) is 30.3 Å². The average Bonchev–Trinajstić information content (AvgIpc) is 2.40. The van der Waals surface area contributed by atoms with E-state index in [1.54, 1.807) is 6.20 Å². The molecule has 0 atom stereocenters. The van der Waals surface area contributed by atoms with Crippen molar-refractivity contribution in [2.45, 2.75) is 13.3 Å². The third-order valence-electron chi connectivity index (χ3n) is 2.70. The van der Waals surface area contributed by atoms with Crippen molar-refractivity contribution < 1.29 is 4.79 Å². The fourth-order valence-corrected chi connectivity index (χ4v) is 1.73. The molecule has 19 heavy (non-hydrogen) atoms. The maximum atomic E-state index is 11.7. The first-order chi connectivity index (χ1) is 9.24. The van der Waals surface area contributed by atoms with Crippen molar-refractivity contribution in [1.82, 2.24) is 10.3 Å². The number of urea groups is 1. The van der Waals surface area contributed by atoms with Crippen LogP contribution in [0.5, 0.6) is 0 Å². The molecule has 2 amide bonds. The summed E-state index contributed by atoms with van der Waals surface area (Å²) in [6, 6.07) is 13.5. The van der Waals surface area contributed by atoms with Crippen LogP contribution in [0.4, 0.5) is 10.6 Å². The molecule has 1 aromatic carbocycles. The Hall–Kier alpha value is -2.36. The zero-order valence-corrected chi connectivity index (χ0v) is 10.9. The molecule has 2 aromatic rings. The first-order valence-corrected chi connectivity index (χ1v) is 6.25. The summed E-state index contributed by atoms with van der Waals surface area (Å²) in [4.78, 5) is 15.7. The first kappa shape index (κ1) is 13.1. The highest BCUT2D eigenvalue weighted by Gasteiger charge is 2.02. The summed E-state index contributed by atoms with van der Waals surface area (Å²) in [6.07, 6.45) is 2.49. The molecule has 0 aliphatic carbocycles. The molecule has 0 radical (unpaired) electrons. The van der Waals surface area contributed by atoms with E-state index in [1.807, 2.05) is 49.4 Å². The lowest BCUT2D eigenvalue weighted by Gasteiger charge is -2.07. The van der Waals surface area contributed by atoms with Crippen molar-refractivity contribution >= 4 is 11.8 Å². The van der Waals surface area contributed by atoms with Crippen molar-refractivity contribution in [3.63, 3.8) is 0 Å². The predicted molar refractivity (Wildman–Crippen MR) is 76.1 cm³/mol.